The fourth-order valence-electron chi connectivity index (χ4n) is 3.30. The number of hydrogen-bond donors (Lipinski definition) is 0. The van der Waals surface area contributed by atoms with Gasteiger partial charge in [-0.2, -0.15) is 0 Å². The number of hydrogen-bond acceptors (Lipinski definition) is 4. The Morgan fingerprint density at radius 1 is 1.25 bits per heavy atom. The number of pyridine rings is 1. The monoisotopic (exact) mass is 344 g/mol. The molecule has 0 atom stereocenters. The third kappa shape index (κ3) is 3.68. The second-order valence-corrected chi connectivity index (χ2v) is 7.97. The van der Waals surface area contributed by atoms with Gasteiger partial charge in [-0.25, -0.2) is 0 Å². The minimum Gasteiger partial charge on any atom is -0.384 e. The van der Waals surface area contributed by atoms with Gasteiger partial charge in [-0.05, 0) is 49.6 Å². The molecular formula is C19H24N2O2S. The molecule has 0 unspecified atom stereocenters. The van der Waals surface area contributed by atoms with Gasteiger partial charge in [0.15, 0.2) is 0 Å². The van der Waals surface area contributed by atoms with Crippen molar-refractivity contribution in [2.75, 3.05) is 13.7 Å². The van der Waals surface area contributed by atoms with Crippen LogP contribution in [-0.4, -0.2) is 29.5 Å². The van der Waals surface area contributed by atoms with Crippen LogP contribution in [0.5, 0.6) is 0 Å². The van der Waals surface area contributed by atoms with E-state index < -0.39 is 0 Å². The van der Waals surface area contributed by atoms with E-state index >= 15 is 0 Å². The van der Waals surface area contributed by atoms with Crippen LogP contribution in [0.25, 0.3) is 0 Å². The Balaban J connectivity index is 1.81. The first-order valence-electron chi connectivity index (χ1n) is 8.35. The number of aryl methyl sites for hydroxylation is 1. The van der Waals surface area contributed by atoms with E-state index in [2.05, 4.69) is 24.0 Å². The van der Waals surface area contributed by atoms with Crippen LogP contribution in [0.4, 0.5) is 0 Å². The van der Waals surface area contributed by atoms with Gasteiger partial charge in [-0.3, -0.25) is 9.78 Å². The highest BCUT2D eigenvalue weighted by atomic mass is 32.1. The summed E-state index contributed by atoms with van der Waals surface area (Å²) in [6, 6.07) is 8.19. The minimum atomic E-state index is -0.325. The van der Waals surface area contributed by atoms with E-state index in [9.17, 15) is 4.79 Å². The Morgan fingerprint density at radius 3 is 2.54 bits per heavy atom. The average Bonchev–Trinajstić information content (AvgIpc) is 2.96. The molecule has 0 N–H and O–H groups in total. The van der Waals surface area contributed by atoms with Gasteiger partial charge >= 0.3 is 0 Å². The molecule has 0 spiro atoms. The minimum absolute atomic E-state index is 0.221. The third-order valence-electron chi connectivity index (χ3n) is 4.74. The number of rotatable bonds is 7. The van der Waals surface area contributed by atoms with Crippen molar-refractivity contribution >= 4 is 17.2 Å². The largest absolute Gasteiger partial charge is 0.384 e. The van der Waals surface area contributed by atoms with Crippen LogP contribution in [0.15, 0.2) is 36.7 Å². The first kappa shape index (κ1) is 17.1. The molecule has 2 heterocycles. The van der Waals surface area contributed by atoms with Crippen molar-refractivity contribution in [3.8, 4) is 0 Å². The van der Waals surface area contributed by atoms with Crippen molar-refractivity contribution in [1.82, 2.24) is 9.88 Å². The lowest BCUT2D eigenvalue weighted by Gasteiger charge is -2.43. The molecule has 128 valence electrons. The lowest BCUT2D eigenvalue weighted by atomic mass is 9.68. The molecule has 4 nitrogen and oxygen atoms in total. The van der Waals surface area contributed by atoms with E-state index in [4.69, 9.17) is 4.74 Å². The number of carbonyl (C=O) groups is 1. The second kappa shape index (κ2) is 7.45. The van der Waals surface area contributed by atoms with Gasteiger partial charge in [0, 0.05) is 35.8 Å². The van der Waals surface area contributed by atoms with Crippen molar-refractivity contribution in [3.63, 3.8) is 0 Å². The number of thiophene rings is 1. The third-order valence-corrected chi connectivity index (χ3v) is 5.72. The highest BCUT2D eigenvalue weighted by Crippen LogP contribution is 2.43. The number of carbonyl (C=O) groups excluding carboxylic acids is 1. The number of ether oxygens (including phenoxy) is 1. The molecule has 1 aliphatic rings. The predicted molar refractivity (Wildman–Crippen MR) is 95.7 cm³/mol. The van der Waals surface area contributed by atoms with Crippen molar-refractivity contribution < 1.29 is 9.53 Å². The average molecular weight is 344 g/mol. The van der Waals surface area contributed by atoms with E-state index in [-0.39, 0.29) is 11.3 Å². The number of nitrogens with zero attached hydrogens (tertiary/aromatic N) is 2. The molecule has 5 heteroatoms. The smallest absolute Gasteiger partial charge is 0.231 e. The van der Waals surface area contributed by atoms with Gasteiger partial charge in [-0.1, -0.05) is 6.42 Å². The van der Waals surface area contributed by atoms with Crippen LogP contribution < -0.4 is 0 Å². The summed E-state index contributed by atoms with van der Waals surface area (Å²) < 4.78 is 5.37. The van der Waals surface area contributed by atoms with Gasteiger partial charge in [0.25, 0.3) is 0 Å². The molecule has 0 bridgehead atoms. The highest BCUT2D eigenvalue weighted by molar-refractivity contribution is 7.11. The van der Waals surface area contributed by atoms with Crippen molar-refractivity contribution in [2.24, 2.45) is 5.41 Å². The molecule has 0 radical (unpaired) electrons. The molecule has 2 aromatic rings. The fraction of sp³-hybridized carbons (Fsp3) is 0.474. The molecule has 0 aromatic carbocycles. The number of amides is 1. The van der Waals surface area contributed by atoms with E-state index in [1.54, 1.807) is 30.8 Å². The Bertz CT molecular complexity index is 680. The predicted octanol–water partition coefficient (Wildman–Crippen LogP) is 3.80. The quantitative estimate of drug-likeness (QED) is 0.767. The highest BCUT2D eigenvalue weighted by Gasteiger charge is 2.46. The van der Waals surface area contributed by atoms with Crippen LogP contribution in [0.1, 0.15) is 34.6 Å². The second-order valence-electron chi connectivity index (χ2n) is 6.60. The zero-order chi connectivity index (χ0) is 17.0. The summed E-state index contributed by atoms with van der Waals surface area (Å²) in [7, 11) is 1.68. The molecule has 24 heavy (non-hydrogen) atoms. The van der Waals surface area contributed by atoms with Crippen molar-refractivity contribution in [1.29, 1.82) is 0 Å². The topological polar surface area (TPSA) is 42.4 Å². The van der Waals surface area contributed by atoms with E-state index in [0.717, 1.165) is 24.8 Å². The fourth-order valence-corrected chi connectivity index (χ4v) is 4.21. The van der Waals surface area contributed by atoms with Crippen LogP contribution in [0.2, 0.25) is 0 Å². The summed E-state index contributed by atoms with van der Waals surface area (Å²) in [6.45, 7) is 3.89. The maximum absolute atomic E-state index is 13.3. The summed E-state index contributed by atoms with van der Waals surface area (Å²) >= 11 is 1.76. The molecule has 0 saturated heterocycles. The maximum Gasteiger partial charge on any atom is 0.231 e. The molecule has 1 saturated carbocycles. The molecular weight excluding hydrogens is 320 g/mol. The Hall–Kier alpha value is -1.72. The van der Waals surface area contributed by atoms with E-state index in [1.165, 1.54) is 9.75 Å². The normalized spacial score (nSPS) is 15.8. The summed E-state index contributed by atoms with van der Waals surface area (Å²) in [5, 5.41) is 0. The van der Waals surface area contributed by atoms with E-state index in [1.807, 2.05) is 17.0 Å². The van der Waals surface area contributed by atoms with Gasteiger partial charge in [-0.15, -0.1) is 11.3 Å². The van der Waals surface area contributed by atoms with Crippen LogP contribution in [0.3, 0.4) is 0 Å². The first-order valence-corrected chi connectivity index (χ1v) is 9.17. The zero-order valence-electron chi connectivity index (χ0n) is 14.3. The molecule has 1 fully saturated rings. The maximum atomic E-state index is 13.3. The summed E-state index contributed by atoms with van der Waals surface area (Å²) in [4.78, 5) is 21.8. The Kier molecular flexibility index (Phi) is 5.31. The molecule has 1 aliphatic carbocycles. The molecule has 2 aromatic heterocycles. The van der Waals surface area contributed by atoms with Gasteiger partial charge in [0.2, 0.25) is 5.91 Å². The van der Waals surface area contributed by atoms with Gasteiger partial charge in [0.1, 0.15) is 0 Å². The van der Waals surface area contributed by atoms with Gasteiger partial charge in [0.05, 0.1) is 18.6 Å². The lowest BCUT2D eigenvalue weighted by molar-refractivity contribution is -0.153. The zero-order valence-corrected chi connectivity index (χ0v) is 15.1. The van der Waals surface area contributed by atoms with Crippen molar-refractivity contribution in [2.45, 2.75) is 39.3 Å². The summed E-state index contributed by atoms with van der Waals surface area (Å²) in [5.41, 5.74) is 0.784. The molecule has 1 amide bonds. The summed E-state index contributed by atoms with van der Waals surface area (Å²) in [5.74, 6) is 0.221. The lowest BCUT2D eigenvalue weighted by Crippen LogP contribution is -2.49. The number of aromatic nitrogens is 1. The first-order chi connectivity index (χ1) is 11.6. The van der Waals surface area contributed by atoms with Crippen molar-refractivity contribution in [3.05, 3.63) is 52.0 Å². The van der Waals surface area contributed by atoms with Crippen LogP contribution >= 0.6 is 11.3 Å². The summed E-state index contributed by atoms with van der Waals surface area (Å²) in [6.07, 6.45) is 6.52. The Morgan fingerprint density at radius 2 is 2.00 bits per heavy atom. The molecule has 3 rings (SSSR count). The Labute approximate surface area is 147 Å². The van der Waals surface area contributed by atoms with Crippen LogP contribution in [-0.2, 0) is 22.6 Å². The van der Waals surface area contributed by atoms with Crippen LogP contribution in [0, 0.1) is 12.3 Å². The van der Waals surface area contributed by atoms with Gasteiger partial charge < -0.3 is 9.64 Å². The molecule has 0 aliphatic heterocycles. The van der Waals surface area contributed by atoms with E-state index in [0.29, 0.717) is 19.7 Å². The number of methoxy groups -OCH3 is 1. The standard InChI is InChI=1S/C19H24N2O2S/c1-15-4-5-17(24-15)13-21(12-16-6-10-20-11-7-16)18(22)19(14-23-2)8-3-9-19/h4-7,10-11H,3,8-9,12-14H2,1-2H3. The SMILES string of the molecule is COCC1(C(=O)N(Cc2ccncc2)Cc2ccc(C)s2)CCC1.